The molecule has 158 valence electrons. The number of methoxy groups -OCH3 is 1. The summed E-state index contributed by atoms with van der Waals surface area (Å²) in [7, 11) is 3.00. The van der Waals surface area contributed by atoms with Gasteiger partial charge < -0.3 is 9.84 Å². The Hall–Kier alpha value is -1.57. The lowest BCUT2D eigenvalue weighted by molar-refractivity contribution is -0.127. The van der Waals surface area contributed by atoms with Crippen molar-refractivity contribution >= 4 is 23.6 Å². The van der Waals surface area contributed by atoms with E-state index >= 15 is 0 Å². The molecule has 1 atom stereocenters. The SMILES string of the molecule is CNNC(=O)C(C)(CCCC(C)(C)CSCCO)c1cccc(C(=O)OC)c1. The molecular formula is C21H34N2O4S. The molecule has 0 bridgehead atoms. The first-order valence-electron chi connectivity index (χ1n) is 9.55. The summed E-state index contributed by atoms with van der Waals surface area (Å²) in [4.78, 5) is 24.8. The number of carbonyl (C=O) groups is 2. The van der Waals surface area contributed by atoms with Crippen molar-refractivity contribution < 1.29 is 19.4 Å². The first-order chi connectivity index (χ1) is 13.2. The minimum Gasteiger partial charge on any atom is -0.465 e. The Kier molecular flexibility index (Phi) is 9.99. The standard InChI is InChI=1S/C21H34N2O4S/c1-20(2,15-28-13-12-24)10-7-11-21(3,19(26)23-22-4)17-9-6-8-16(14-17)18(25)27-5/h6,8-9,14,22,24H,7,10-13,15H2,1-5H3,(H,23,26). The molecule has 0 heterocycles. The highest BCUT2D eigenvalue weighted by Gasteiger charge is 2.35. The van der Waals surface area contributed by atoms with Crippen molar-refractivity contribution in [3.63, 3.8) is 0 Å². The first-order valence-corrected chi connectivity index (χ1v) is 10.7. The van der Waals surface area contributed by atoms with Gasteiger partial charge in [-0.1, -0.05) is 32.4 Å². The molecule has 1 rings (SSSR count). The summed E-state index contributed by atoms with van der Waals surface area (Å²) >= 11 is 1.75. The molecule has 1 unspecified atom stereocenters. The van der Waals surface area contributed by atoms with E-state index in [-0.39, 0.29) is 17.9 Å². The van der Waals surface area contributed by atoms with Crippen molar-refractivity contribution in [1.29, 1.82) is 0 Å². The van der Waals surface area contributed by atoms with E-state index in [1.165, 1.54) is 7.11 Å². The minimum atomic E-state index is -0.776. The number of hydrogen-bond acceptors (Lipinski definition) is 6. The Morgan fingerprint density at radius 2 is 1.93 bits per heavy atom. The van der Waals surface area contributed by atoms with Gasteiger partial charge in [-0.15, -0.1) is 0 Å². The zero-order valence-electron chi connectivity index (χ0n) is 17.6. The average Bonchev–Trinajstić information content (AvgIpc) is 2.67. The van der Waals surface area contributed by atoms with Crippen LogP contribution >= 0.6 is 11.8 Å². The largest absolute Gasteiger partial charge is 0.465 e. The molecule has 0 saturated carbocycles. The summed E-state index contributed by atoms with van der Waals surface area (Å²) in [5.74, 6) is 1.15. The number of rotatable bonds is 12. The van der Waals surface area contributed by atoms with E-state index < -0.39 is 11.4 Å². The molecule has 0 aliphatic rings. The van der Waals surface area contributed by atoms with E-state index in [0.29, 0.717) is 12.0 Å². The zero-order chi connectivity index (χ0) is 21.2. The maximum atomic E-state index is 12.9. The Bertz CT molecular complexity index is 651. The summed E-state index contributed by atoms with van der Waals surface area (Å²) in [6, 6.07) is 7.09. The summed E-state index contributed by atoms with van der Waals surface area (Å²) < 4.78 is 4.81. The van der Waals surface area contributed by atoms with Gasteiger partial charge in [0.25, 0.3) is 0 Å². The van der Waals surface area contributed by atoms with Crippen LogP contribution in [-0.4, -0.2) is 49.3 Å². The predicted molar refractivity (Wildman–Crippen MR) is 114 cm³/mol. The monoisotopic (exact) mass is 410 g/mol. The number of carbonyl (C=O) groups excluding carboxylic acids is 2. The van der Waals surface area contributed by atoms with Crippen LogP contribution in [-0.2, 0) is 14.9 Å². The van der Waals surface area contributed by atoms with Gasteiger partial charge in [0.2, 0.25) is 5.91 Å². The van der Waals surface area contributed by atoms with Crippen LogP contribution in [0.2, 0.25) is 0 Å². The molecule has 1 aromatic rings. The fourth-order valence-corrected chi connectivity index (χ4v) is 4.12. The molecule has 0 saturated heterocycles. The number of nitrogens with one attached hydrogen (secondary N) is 2. The Morgan fingerprint density at radius 1 is 1.21 bits per heavy atom. The van der Waals surface area contributed by atoms with Crippen LogP contribution in [0.4, 0.5) is 0 Å². The van der Waals surface area contributed by atoms with Crippen LogP contribution < -0.4 is 10.9 Å². The summed E-state index contributed by atoms with van der Waals surface area (Å²) in [6.07, 6.45) is 2.48. The Balaban J connectivity index is 2.97. The van der Waals surface area contributed by atoms with Crippen LogP contribution in [0.1, 0.15) is 56.0 Å². The second kappa shape index (κ2) is 11.4. The third kappa shape index (κ3) is 7.11. The third-order valence-corrected chi connectivity index (χ3v) is 6.38. The number of benzene rings is 1. The average molecular weight is 411 g/mol. The topological polar surface area (TPSA) is 87.7 Å². The van der Waals surface area contributed by atoms with Crippen molar-refractivity contribution in [3.8, 4) is 0 Å². The predicted octanol–water partition coefficient (Wildman–Crippen LogP) is 2.90. The second-order valence-electron chi connectivity index (χ2n) is 7.90. The molecule has 6 nitrogen and oxygen atoms in total. The molecule has 3 N–H and O–H groups in total. The van der Waals surface area contributed by atoms with Crippen molar-refractivity contribution in [3.05, 3.63) is 35.4 Å². The van der Waals surface area contributed by atoms with Gasteiger partial charge in [0.1, 0.15) is 0 Å². The van der Waals surface area contributed by atoms with Gasteiger partial charge in [0, 0.05) is 12.8 Å². The molecule has 0 aromatic heterocycles. The van der Waals surface area contributed by atoms with Crippen LogP contribution in [0.15, 0.2) is 24.3 Å². The Morgan fingerprint density at radius 3 is 2.54 bits per heavy atom. The van der Waals surface area contributed by atoms with Gasteiger partial charge in [-0.3, -0.25) is 10.2 Å². The lowest BCUT2D eigenvalue weighted by Crippen LogP contribution is -2.47. The second-order valence-corrected chi connectivity index (χ2v) is 9.01. The van der Waals surface area contributed by atoms with Gasteiger partial charge in [-0.05, 0) is 48.6 Å². The maximum absolute atomic E-state index is 12.9. The van der Waals surface area contributed by atoms with Crippen LogP contribution in [0.3, 0.4) is 0 Å². The number of amides is 1. The van der Waals surface area contributed by atoms with E-state index in [2.05, 4.69) is 24.7 Å². The smallest absolute Gasteiger partial charge is 0.337 e. The highest BCUT2D eigenvalue weighted by molar-refractivity contribution is 7.99. The number of esters is 1. The fourth-order valence-electron chi connectivity index (χ4n) is 3.15. The molecule has 0 spiro atoms. The molecular weight excluding hydrogens is 376 g/mol. The van der Waals surface area contributed by atoms with Crippen molar-refractivity contribution in [1.82, 2.24) is 10.9 Å². The maximum Gasteiger partial charge on any atom is 0.337 e. The van der Waals surface area contributed by atoms with E-state index in [4.69, 9.17) is 9.84 Å². The van der Waals surface area contributed by atoms with Gasteiger partial charge in [0.15, 0.2) is 0 Å². The molecule has 28 heavy (non-hydrogen) atoms. The van der Waals surface area contributed by atoms with E-state index in [1.54, 1.807) is 37.0 Å². The molecule has 7 heteroatoms. The van der Waals surface area contributed by atoms with E-state index in [1.807, 2.05) is 13.0 Å². The van der Waals surface area contributed by atoms with Gasteiger partial charge in [-0.2, -0.15) is 11.8 Å². The number of aliphatic hydroxyl groups is 1. The normalized spacial score (nSPS) is 13.6. The van der Waals surface area contributed by atoms with Crippen LogP contribution in [0, 0.1) is 5.41 Å². The van der Waals surface area contributed by atoms with Crippen LogP contribution in [0.5, 0.6) is 0 Å². The molecule has 0 aliphatic carbocycles. The number of aliphatic hydroxyl groups excluding tert-OH is 1. The highest BCUT2D eigenvalue weighted by Crippen LogP contribution is 2.34. The van der Waals surface area contributed by atoms with Crippen molar-refractivity contribution in [2.75, 3.05) is 32.3 Å². The highest BCUT2D eigenvalue weighted by atomic mass is 32.2. The molecule has 1 aromatic carbocycles. The summed E-state index contributed by atoms with van der Waals surface area (Å²) in [6.45, 7) is 6.52. The third-order valence-electron chi connectivity index (χ3n) is 4.92. The lowest BCUT2D eigenvalue weighted by atomic mass is 9.75. The fraction of sp³-hybridized carbons (Fsp3) is 0.619. The summed E-state index contributed by atoms with van der Waals surface area (Å²) in [5, 5.41) is 8.96. The molecule has 0 aliphatic heterocycles. The van der Waals surface area contributed by atoms with E-state index in [0.717, 1.165) is 29.9 Å². The van der Waals surface area contributed by atoms with E-state index in [9.17, 15) is 9.59 Å². The summed E-state index contributed by atoms with van der Waals surface area (Å²) in [5.41, 5.74) is 5.98. The number of hydrazine groups is 1. The lowest BCUT2D eigenvalue weighted by Gasteiger charge is -2.31. The number of hydrogen-bond donors (Lipinski definition) is 3. The van der Waals surface area contributed by atoms with Crippen molar-refractivity contribution in [2.45, 2.75) is 45.4 Å². The zero-order valence-corrected chi connectivity index (χ0v) is 18.4. The molecule has 0 fully saturated rings. The van der Waals surface area contributed by atoms with Gasteiger partial charge in [-0.25, -0.2) is 10.2 Å². The number of ether oxygens (including phenoxy) is 1. The van der Waals surface area contributed by atoms with Crippen LogP contribution in [0.25, 0.3) is 0 Å². The molecule has 1 amide bonds. The molecule has 0 radical (unpaired) electrons. The number of thioether (sulfide) groups is 1. The van der Waals surface area contributed by atoms with Gasteiger partial charge >= 0.3 is 5.97 Å². The quantitative estimate of drug-likeness (QED) is 0.279. The van der Waals surface area contributed by atoms with Crippen molar-refractivity contribution in [2.24, 2.45) is 5.41 Å². The minimum absolute atomic E-state index is 0.119. The first kappa shape index (κ1) is 24.5. The Labute approximate surface area is 172 Å². The van der Waals surface area contributed by atoms with Gasteiger partial charge in [0.05, 0.1) is 24.7 Å².